The summed E-state index contributed by atoms with van der Waals surface area (Å²) in [6.45, 7) is 9.79. The second-order valence-corrected chi connectivity index (χ2v) is 11.7. The number of furan rings is 1. The fourth-order valence-electron chi connectivity index (χ4n) is 6.17. The van der Waals surface area contributed by atoms with Crippen LogP contribution in [-0.4, -0.2) is 85.1 Å². The maximum absolute atomic E-state index is 12.6. The molecule has 0 atom stereocenters. The van der Waals surface area contributed by atoms with Crippen LogP contribution in [0.4, 0.5) is 17.2 Å². The fraction of sp³-hybridized carbons (Fsp3) is 0.382. The third-order valence-corrected chi connectivity index (χ3v) is 8.71. The average Bonchev–Trinajstić information content (AvgIpc) is 3.69. The van der Waals surface area contributed by atoms with Crippen LogP contribution in [0.5, 0.6) is 0 Å². The largest absolute Gasteiger partial charge is 0.437 e. The van der Waals surface area contributed by atoms with Gasteiger partial charge in [0, 0.05) is 63.5 Å². The van der Waals surface area contributed by atoms with Gasteiger partial charge in [0.1, 0.15) is 17.9 Å². The SMILES string of the molecule is C=CC(=O)Nc1cc(-c2c(-c3ccccc3)oc3ncnc(NC4CCCC4)c23)ccc1N(C)CCN1CCN(C)CC1. The Balaban J connectivity index is 1.41. The van der Waals surface area contributed by atoms with Gasteiger partial charge in [0.05, 0.1) is 16.8 Å². The van der Waals surface area contributed by atoms with E-state index in [1.165, 1.54) is 18.9 Å². The number of carbonyl (C=O) groups is 1. The molecule has 0 radical (unpaired) electrons. The Morgan fingerprint density at radius 1 is 1.07 bits per heavy atom. The minimum atomic E-state index is -0.252. The van der Waals surface area contributed by atoms with E-state index in [9.17, 15) is 4.79 Å². The summed E-state index contributed by atoms with van der Waals surface area (Å²) in [6.07, 6.45) is 7.55. The molecule has 43 heavy (non-hydrogen) atoms. The number of hydrogen-bond donors (Lipinski definition) is 2. The molecule has 0 spiro atoms. The molecule has 6 rings (SSSR count). The first-order valence-electron chi connectivity index (χ1n) is 15.3. The van der Waals surface area contributed by atoms with Gasteiger partial charge in [0.2, 0.25) is 11.6 Å². The van der Waals surface area contributed by atoms with E-state index < -0.39 is 0 Å². The molecule has 4 aromatic rings. The third kappa shape index (κ3) is 6.43. The molecule has 224 valence electrons. The van der Waals surface area contributed by atoms with Crippen molar-refractivity contribution < 1.29 is 9.21 Å². The van der Waals surface area contributed by atoms with Gasteiger partial charge in [-0.3, -0.25) is 9.69 Å². The highest BCUT2D eigenvalue weighted by Gasteiger charge is 2.25. The van der Waals surface area contributed by atoms with E-state index in [4.69, 9.17) is 4.42 Å². The minimum absolute atomic E-state index is 0.252. The number of nitrogens with zero attached hydrogens (tertiary/aromatic N) is 5. The van der Waals surface area contributed by atoms with Gasteiger partial charge in [-0.1, -0.05) is 55.8 Å². The standard InChI is InChI=1S/C34H41N7O2/c1-4-29(42)38-27-22-25(14-15-28(27)40(3)18-21-41-19-16-39(2)17-20-41)30-31-33(37-26-12-8-9-13-26)35-23-36-34(31)43-32(30)24-10-6-5-7-11-24/h4-7,10-11,14-15,22-23,26H,1,8-9,12-13,16-21H2,2-3H3,(H,38,42)(H,35,36,37). The maximum atomic E-state index is 12.6. The predicted octanol–water partition coefficient (Wildman–Crippen LogP) is 5.72. The second kappa shape index (κ2) is 13.0. The number of carbonyl (C=O) groups excluding carboxylic acids is 1. The Labute approximate surface area is 253 Å². The van der Waals surface area contributed by atoms with E-state index in [2.05, 4.69) is 68.1 Å². The van der Waals surface area contributed by atoms with Crippen LogP contribution in [-0.2, 0) is 4.79 Å². The lowest BCUT2D eigenvalue weighted by Gasteiger charge is -2.34. The first-order chi connectivity index (χ1) is 21.0. The first-order valence-corrected chi connectivity index (χ1v) is 15.3. The number of nitrogens with one attached hydrogen (secondary N) is 2. The summed E-state index contributed by atoms with van der Waals surface area (Å²) < 4.78 is 6.46. The Bertz CT molecular complexity index is 1570. The zero-order valence-electron chi connectivity index (χ0n) is 25.2. The third-order valence-electron chi connectivity index (χ3n) is 8.71. The van der Waals surface area contributed by atoms with E-state index in [0.717, 1.165) is 97.1 Å². The molecule has 9 heteroatoms. The van der Waals surface area contributed by atoms with Crippen LogP contribution < -0.4 is 15.5 Å². The van der Waals surface area contributed by atoms with Crippen molar-refractivity contribution in [2.24, 2.45) is 0 Å². The van der Waals surface area contributed by atoms with Crippen LogP contribution >= 0.6 is 0 Å². The zero-order valence-corrected chi connectivity index (χ0v) is 25.2. The lowest BCUT2D eigenvalue weighted by molar-refractivity contribution is -0.111. The van der Waals surface area contributed by atoms with Crippen molar-refractivity contribution in [3.05, 3.63) is 67.5 Å². The van der Waals surface area contributed by atoms with Gasteiger partial charge in [-0.15, -0.1) is 0 Å². The summed E-state index contributed by atoms with van der Waals surface area (Å²) in [5.41, 5.74) is 4.98. The first kappa shape index (κ1) is 28.9. The van der Waals surface area contributed by atoms with Crippen molar-refractivity contribution in [2.45, 2.75) is 31.7 Å². The van der Waals surface area contributed by atoms with Crippen LogP contribution in [0.25, 0.3) is 33.6 Å². The number of anilines is 3. The number of fused-ring (bicyclic) bond motifs is 1. The molecule has 2 aliphatic rings. The second-order valence-electron chi connectivity index (χ2n) is 11.7. The molecule has 1 amide bonds. The Morgan fingerprint density at radius 3 is 2.58 bits per heavy atom. The van der Waals surface area contributed by atoms with E-state index in [1.807, 2.05) is 36.4 Å². The average molecular weight is 580 g/mol. The van der Waals surface area contributed by atoms with Crippen LogP contribution in [0.2, 0.25) is 0 Å². The van der Waals surface area contributed by atoms with Crippen molar-refractivity contribution in [1.82, 2.24) is 19.8 Å². The van der Waals surface area contributed by atoms with E-state index in [1.54, 1.807) is 6.33 Å². The molecule has 1 saturated heterocycles. The predicted molar refractivity (Wildman–Crippen MR) is 175 cm³/mol. The monoisotopic (exact) mass is 579 g/mol. The molecular weight excluding hydrogens is 538 g/mol. The van der Waals surface area contributed by atoms with Crippen molar-refractivity contribution in [2.75, 3.05) is 68.9 Å². The topological polar surface area (TPSA) is 89.8 Å². The molecule has 0 bridgehead atoms. The number of amides is 1. The van der Waals surface area contributed by atoms with Crippen molar-refractivity contribution in [1.29, 1.82) is 0 Å². The van der Waals surface area contributed by atoms with Crippen LogP contribution in [0.1, 0.15) is 25.7 Å². The normalized spacial score (nSPS) is 16.4. The Kier molecular flexibility index (Phi) is 8.72. The van der Waals surface area contributed by atoms with Gasteiger partial charge in [-0.2, -0.15) is 0 Å². The number of benzene rings is 2. The van der Waals surface area contributed by atoms with Gasteiger partial charge in [-0.05, 0) is 43.7 Å². The summed E-state index contributed by atoms with van der Waals surface area (Å²) in [5, 5.41) is 7.61. The summed E-state index contributed by atoms with van der Waals surface area (Å²) in [5.74, 6) is 1.25. The highest BCUT2D eigenvalue weighted by atomic mass is 16.3. The number of likely N-dealkylation sites (N-methyl/N-ethyl adjacent to an activating group) is 2. The molecule has 3 heterocycles. The lowest BCUT2D eigenvalue weighted by atomic mass is 9.98. The van der Waals surface area contributed by atoms with Crippen molar-refractivity contribution >= 4 is 34.2 Å². The number of aromatic nitrogens is 2. The van der Waals surface area contributed by atoms with Crippen LogP contribution in [0.15, 0.2) is 71.9 Å². The maximum Gasteiger partial charge on any atom is 0.247 e. The summed E-state index contributed by atoms with van der Waals surface area (Å²) in [7, 11) is 4.25. The highest BCUT2D eigenvalue weighted by molar-refractivity contribution is 6.08. The summed E-state index contributed by atoms with van der Waals surface area (Å²) in [6, 6.07) is 16.7. The molecule has 1 saturated carbocycles. The highest BCUT2D eigenvalue weighted by Crippen LogP contribution is 2.44. The number of piperazine rings is 1. The van der Waals surface area contributed by atoms with Gasteiger partial charge in [0.15, 0.2) is 0 Å². The molecule has 2 aromatic carbocycles. The minimum Gasteiger partial charge on any atom is -0.437 e. The van der Waals surface area contributed by atoms with Crippen LogP contribution in [0.3, 0.4) is 0 Å². The molecule has 0 unspecified atom stereocenters. The smallest absolute Gasteiger partial charge is 0.247 e. The molecule has 2 N–H and O–H groups in total. The molecular formula is C34H41N7O2. The van der Waals surface area contributed by atoms with E-state index >= 15 is 0 Å². The van der Waals surface area contributed by atoms with E-state index in [0.29, 0.717) is 11.8 Å². The Morgan fingerprint density at radius 2 is 1.84 bits per heavy atom. The fourth-order valence-corrected chi connectivity index (χ4v) is 6.17. The summed E-state index contributed by atoms with van der Waals surface area (Å²) >= 11 is 0. The van der Waals surface area contributed by atoms with Gasteiger partial charge in [-0.25, -0.2) is 9.97 Å². The molecule has 1 aliphatic heterocycles. The van der Waals surface area contributed by atoms with Gasteiger partial charge in [0.25, 0.3) is 0 Å². The molecule has 2 aromatic heterocycles. The Hall–Kier alpha value is -4.21. The number of hydrogen-bond acceptors (Lipinski definition) is 8. The zero-order chi connectivity index (χ0) is 29.8. The molecule has 2 fully saturated rings. The lowest BCUT2D eigenvalue weighted by Crippen LogP contribution is -2.46. The molecule has 9 nitrogen and oxygen atoms in total. The quantitative estimate of drug-likeness (QED) is 0.231. The molecule has 1 aliphatic carbocycles. The number of rotatable bonds is 10. The van der Waals surface area contributed by atoms with Crippen molar-refractivity contribution in [3.63, 3.8) is 0 Å². The van der Waals surface area contributed by atoms with Gasteiger partial charge >= 0.3 is 0 Å². The summed E-state index contributed by atoms with van der Waals surface area (Å²) in [4.78, 5) is 28.9. The van der Waals surface area contributed by atoms with Crippen LogP contribution in [0, 0.1) is 0 Å². The van der Waals surface area contributed by atoms with E-state index in [-0.39, 0.29) is 5.91 Å². The van der Waals surface area contributed by atoms with Crippen molar-refractivity contribution in [3.8, 4) is 22.5 Å². The van der Waals surface area contributed by atoms with Gasteiger partial charge < -0.3 is 24.9 Å².